The lowest BCUT2D eigenvalue weighted by molar-refractivity contribution is -0.120. The highest BCUT2D eigenvalue weighted by atomic mass is 16.6. The van der Waals surface area contributed by atoms with Crippen molar-refractivity contribution < 1.29 is 24.2 Å². The second-order valence-electron chi connectivity index (χ2n) is 5.46. The topological polar surface area (TPSA) is 83.9 Å². The van der Waals surface area contributed by atoms with E-state index in [0.717, 1.165) is 0 Å². The van der Waals surface area contributed by atoms with Gasteiger partial charge in [0.15, 0.2) is 17.3 Å². The highest BCUT2D eigenvalue weighted by molar-refractivity contribution is 6.05. The normalized spacial score (nSPS) is 19.2. The number of rotatable bonds is 1. The minimum Gasteiger partial charge on any atom is -0.504 e. The van der Waals surface area contributed by atoms with Crippen molar-refractivity contribution in [1.82, 2.24) is 4.90 Å². The molecule has 0 aromatic carbocycles. The Morgan fingerprint density at radius 2 is 1.89 bits per heavy atom. The summed E-state index contributed by atoms with van der Waals surface area (Å²) in [4.78, 5) is 35.9. The maximum absolute atomic E-state index is 11.9. The molecular weight excluding hydrogens is 250 g/mol. The molecule has 0 aromatic heterocycles. The molecule has 1 N–H and O–H groups in total. The maximum atomic E-state index is 11.9. The summed E-state index contributed by atoms with van der Waals surface area (Å²) in [5.74, 6) is -1.47. The van der Waals surface area contributed by atoms with Crippen molar-refractivity contribution in [2.24, 2.45) is 0 Å². The molecule has 1 aliphatic heterocycles. The lowest BCUT2D eigenvalue weighted by Gasteiger charge is -2.30. The van der Waals surface area contributed by atoms with Gasteiger partial charge in [0.1, 0.15) is 5.60 Å². The summed E-state index contributed by atoms with van der Waals surface area (Å²) in [7, 11) is 0. The minimum absolute atomic E-state index is 0.0235. The van der Waals surface area contributed by atoms with E-state index in [-0.39, 0.29) is 30.9 Å². The minimum atomic E-state index is -0.634. The second kappa shape index (κ2) is 5.42. The summed E-state index contributed by atoms with van der Waals surface area (Å²) in [6.45, 7) is 6.51. The van der Waals surface area contributed by atoms with Crippen LogP contribution in [0.4, 0.5) is 4.79 Å². The van der Waals surface area contributed by atoms with Crippen molar-refractivity contribution in [2.75, 3.05) is 13.1 Å². The Morgan fingerprint density at radius 1 is 1.32 bits per heavy atom. The number of carbonyl (C=O) groups is 3. The third kappa shape index (κ3) is 4.08. The molecule has 6 heteroatoms. The lowest BCUT2D eigenvalue weighted by atomic mass is 10.0. The zero-order valence-electron chi connectivity index (χ0n) is 11.6. The number of hydrogen-bond donors (Lipinski definition) is 1. The number of nitrogens with zero attached hydrogens (tertiary/aromatic N) is 1. The molecule has 0 aliphatic carbocycles. The van der Waals surface area contributed by atoms with Crippen LogP contribution in [0.2, 0.25) is 0 Å². The van der Waals surface area contributed by atoms with E-state index < -0.39 is 23.2 Å². The fourth-order valence-corrected chi connectivity index (χ4v) is 1.65. The first-order valence-corrected chi connectivity index (χ1v) is 6.06. The molecule has 1 heterocycles. The molecule has 0 aromatic rings. The molecular formula is C13H19NO5. The standard InChI is InChI=1S/C13H19NO5/c1-8(15)11(17)9-7-14(6-5-10(9)16)12(18)19-13(2,3)4/h17H,5-7H2,1-4H3. The molecule has 106 valence electrons. The average molecular weight is 269 g/mol. The van der Waals surface area contributed by atoms with Crippen LogP contribution in [-0.2, 0) is 14.3 Å². The van der Waals surface area contributed by atoms with E-state index in [1.54, 1.807) is 20.8 Å². The zero-order chi connectivity index (χ0) is 14.8. The van der Waals surface area contributed by atoms with E-state index in [4.69, 9.17) is 4.74 Å². The van der Waals surface area contributed by atoms with E-state index in [9.17, 15) is 19.5 Å². The molecule has 1 saturated heterocycles. The van der Waals surface area contributed by atoms with Crippen molar-refractivity contribution in [3.05, 3.63) is 11.3 Å². The highest BCUT2D eigenvalue weighted by Crippen LogP contribution is 2.18. The van der Waals surface area contributed by atoms with Crippen LogP contribution in [-0.4, -0.2) is 46.4 Å². The number of aliphatic hydroxyl groups excluding tert-OH is 1. The van der Waals surface area contributed by atoms with Gasteiger partial charge in [0.25, 0.3) is 0 Å². The van der Waals surface area contributed by atoms with Gasteiger partial charge < -0.3 is 14.7 Å². The molecule has 0 spiro atoms. The number of aliphatic hydroxyl groups is 1. The summed E-state index contributed by atoms with van der Waals surface area (Å²) < 4.78 is 5.19. The third-order valence-corrected chi connectivity index (χ3v) is 2.57. The van der Waals surface area contributed by atoms with Crippen molar-refractivity contribution >= 4 is 17.7 Å². The first-order chi connectivity index (χ1) is 8.61. The number of hydrogen-bond acceptors (Lipinski definition) is 5. The van der Waals surface area contributed by atoms with Crippen molar-refractivity contribution in [2.45, 2.75) is 39.7 Å². The number of allylic oxidation sites excluding steroid dienone is 1. The van der Waals surface area contributed by atoms with Gasteiger partial charge in [0.2, 0.25) is 0 Å². The lowest BCUT2D eigenvalue weighted by Crippen LogP contribution is -2.43. The summed E-state index contributed by atoms with van der Waals surface area (Å²) in [5.41, 5.74) is -0.657. The second-order valence-corrected chi connectivity index (χ2v) is 5.46. The van der Waals surface area contributed by atoms with Gasteiger partial charge in [-0.25, -0.2) is 4.79 Å². The molecule has 0 atom stereocenters. The maximum Gasteiger partial charge on any atom is 0.410 e. The average Bonchev–Trinajstić information content (AvgIpc) is 2.26. The van der Waals surface area contributed by atoms with E-state index in [1.165, 1.54) is 11.8 Å². The summed E-state index contributed by atoms with van der Waals surface area (Å²) in [5, 5.41) is 9.58. The Kier molecular flexibility index (Phi) is 4.34. The van der Waals surface area contributed by atoms with E-state index in [0.29, 0.717) is 0 Å². The molecule has 0 saturated carbocycles. The van der Waals surface area contributed by atoms with Crippen LogP contribution in [0.3, 0.4) is 0 Å². The Bertz CT molecular complexity index is 444. The molecule has 1 aliphatic rings. The van der Waals surface area contributed by atoms with E-state index >= 15 is 0 Å². The summed E-state index contributed by atoms with van der Waals surface area (Å²) >= 11 is 0. The van der Waals surface area contributed by atoms with Crippen molar-refractivity contribution in [3.8, 4) is 0 Å². The Morgan fingerprint density at radius 3 is 2.37 bits per heavy atom. The van der Waals surface area contributed by atoms with Gasteiger partial charge in [-0.05, 0) is 20.8 Å². The van der Waals surface area contributed by atoms with E-state index in [2.05, 4.69) is 0 Å². The predicted octanol–water partition coefficient (Wildman–Crippen LogP) is 1.60. The smallest absolute Gasteiger partial charge is 0.410 e. The first kappa shape index (κ1) is 15.2. The van der Waals surface area contributed by atoms with Crippen molar-refractivity contribution in [3.63, 3.8) is 0 Å². The number of likely N-dealkylation sites (tertiary alicyclic amines) is 1. The number of carbonyl (C=O) groups excluding carboxylic acids is 3. The molecule has 0 radical (unpaired) electrons. The number of ketones is 2. The zero-order valence-corrected chi connectivity index (χ0v) is 11.6. The Balaban J connectivity index is 2.87. The molecule has 19 heavy (non-hydrogen) atoms. The van der Waals surface area contributed by atoms with Crippen LogP contribution in [0.5, 0.6) is 0 Å². The van der Waals surface area contributed by atoms with Crippen LogP contribution in [0.25, 0.3) is 0 Å². The number of ether oxygens (including phenoxy) is 1. The monoisotopic (exact) mass is 269 g/mol. The SMILES string of the molecule is CC(=O)C(O)=C1CN(C(=O)OC(C)(C)C)CCC1=O. The van der Waals surface area contributed by atoms with Gasteiger partial charge >= 0.3 is 6.09 Å². The van der Waals surface area contributed by atoms with Crippen LogP contribution in [0, 0.1) is 0 Å². The quantitative estimate of drug-likeness (QED) is 0.577. The van der Waals surface area contributed by atoms with Crippen LogP contribution >= 0.6 is 0 Å². The van der Waals surface area contributed by atoms with Gasteiger partial charge in [-0.1, -0.05) is 0 Å². The van der Waals surface area contributed by atoms with Gasteiger partial charge in [0.05, 0.1) is 12.1 Å². The molecule has 6 nitrogen and oxygen atoms in total. The molecule has 1 fully saturated rings. The predicted molar refractivity (Wildman–Crippen MR) is 67.8 cm³/mol. The highest BCUT2D eigenvalue weighted by Gasteiger charge is 2.31. The Labute approximate surface area is 112 Å². The fourth-order valence-electron chi connectivity index (χ4n) is 1.65. The van der Waals surface area contributed by atoms with Crippen LogP contribution < -0.4 is 0 Å². The summed E-state index contributed by atoms with van der Waals surface area (Å²) in [6.07, 6.45) is -0.486. The fraction of sp³-hybridized carbons (Fsp3) is 0.615. The largest absolute Gasteiger partial charge is 0.504 e. The van der Waals surface area contributed by atoms with Gasteiger partial charge in [-0.15, -0.1) is 0 Å². The number of Topliss-reactive ketones (excluding diaryl/α,β-unsaturated/α-hetero) is 2. The molecule has 1 rings (SSSR count). The van der Waals surface area contributed by atoms with Crippen LogP contribution in [0.1, 0.15) is 34.1 Å². The molecule has 0 bridgehead atoms. The number of piperidine rings is 1. The third-order valence-electron chi connectivity index (χ3n) is 2.57. The molecule has 1 amide bonds. The van der Waals surface area contributed by atoms with E-state index in [1.807, 2.05) is 0 Å². The number of amides is 1. The molecule has 0 unspecified atom stereocenters. The van der Waals surface area contributed by atoms with Gasteiger partial charge in [-0.3, -0.25) is 9.59 Å². The van der Waals surface area contributed by atoms with Gasteiger partial charge in [-0.2, -0.15) is 0 Å². The summed E-state index contributed by atoms with van der Waals surface area (Å²) in [6, 6.07) is 0. The Hall–Kier alpha value is -1.85. The first-order valence-electron chi connectivity index (χ1n) is 6.06. The van der Waals surface area contributed by atoms with Gasteiger partial charge in [0, 0.05) is 19.9 Å². The van der Waals surface area contributed by atoms with Crippen molar-refractivity contribution in [1.29, 1.82) is 0 Å². The van der Waals surface area contributed by atoms with Crippen LogP contribution in [0.15, 0.2) is 11.3 Å².